The van der Waals surface area contributed by atoms with Crippen molar-refractivity contribution in [3.8, 4) is 6.07 Å². The fourth-order valence-electron chi connectivity index (χ4n) is 2.01. The molecule has 0 bridgehead atoms. The van der Waals surface area contributed by atoms with Gasteiger partial charge in [-0.05, 0) is 24.6 Å². The average Bonchev–Trinajstić information content (AvgIpc) is 3.07. The van der Waals surface area contributed by atoms with Crippen molar-refractivity contribution in [2.45, 2.75) is 20.0 Å². The van der Waals surface area contributed by atoms with Crippen molar-refractivity contribution in [2.75, 3.05) is 25.5 Å². The number of nitriles is 1. The minimum Gasteiger partial charge on any atom is -0.357 e. The first-order valence-electron chi connectivity index (χ1n) is 7.75. The second kappa shape index (κ2) is 10.9. The number of aromatic nitrogens is 1. The lowest BCUT2D eigenvalue weighted by Crippen LogP contribution is -2.36. The summed E-state index contributed by atoms with van der Waals surface area (Å²) in [5.41, 5.74) is 2.65. The summed E-state index contributed by atoms with van der Waals surface area (Å²) in [6, 6.07) is 9.65. The smallest absolute Gasteiger partial charge is 0.191 e. The van der Waals surface area contributed by atoms with E-state index >= 15 is 0 Å². The van der Waals surface area contributed by atoms with Gasteiger partial charge in [0.05, 0.1) is 30.4 Å². The van der Waals surface area contributed by atoms with Crippen molar-refractivity contribution in [3.63, 3.8) is 0 Å². The molecule has 25 heavy (non-hydrogen) atoms. The predicted molar refractivity (Wildman–Crippen MR) is 115 cm³/mol. The number of nitrogens with one attached hydrogen (secondary N) is 2. The third kappa shape index (κ3) is 6.88. The van der Waals surface area contributed by atoms with E-state index in [1.807, 2.05) is 49.5 Å². The van der Waals surface area contributed by atoms with Gasteiger partial charge in [0.15, 0.2) is 11.1 Å². The van der Waals surface area contributed by atoms with Crippen molar-refractivity contribution in [3.05, 3.63) is 46.5 Å². The fourth-order valence-corrected chi connectivity index (χ4v) is 2.77. The van der Waals surface area contributed by atoms with Crippen molar-refractivity contribution >= 4 is 46.4 Å². The number of hydrogen-bond acceptors (Lipinski definition) is 5. The molecule has 6 nitrogen and oxygen atoms in total. The Morgan fingerprint density at radius 2 is 2.16 bits per heavy atom. The Hall–Kier alpha value is -1.86. The van der Waals surface area contributed by atoms with Crippen LogP contribution in [0.15, 0.2) is 34.6 Å². The lowest BCUT2D eigenvalue weighted by Gasteiger charge is -2.10. The Morgan fingerprint density at radius 1 is 1.36 bits per heavy atom. The number of halogens is 1. The lowest BCUT2D eigenvalue weighted by molar-refractivity contribution is 0.803. The Balaban J connectivity index is 0.00000312. The molecule has 0 atom stereocenters. The molecule has 1 heterocycles. The summed E-state index contributed by atoms with van der Waals surface area (Å²) in [6.07, 6.45) is 0. The number of aliphatic imine (C=N–C) groups is 1. The van der Waals surface area contributed by atoms with Gasteiger partial charge >= 0.3 is 0 Å². The zero-order valence-electron chi connectivity index (χ0n) is 14.6. The maximum Gasteiger partial charge on any atom is 0.191 e. The molecule has 1 aromatic heterocycles. The molecule has 1 aromatic carbocycles. The summed E-state index contributed by atoms with van der Waals surface area (Å²) in [6.45, 7) is 3.95. The Morgan fingerprint density at radius 3 is 2.80 bits per heavy atom. The van der Waals surface area contributed by atoms with Crippen LogP contribution in [0.25, 0.3) is 0 Å². The Kier molecular flexibility index (Phi) is 9.23. The van der Waals surface area contributed by atoms with Crippen LogP contribution in [0.2, 0.25) is 0 Å². The minimum absolute atomic E-state index is 0. The van der Waals surface area contributed by atoms with E-state index in [0.29, 0.717) is 18.7 Å². The van der Waals surface area contributed by atoms with Gasteiger partial charge in [-0.15, -0.1) is 35.3 Å². The van der Waals surface area contributed by atoms with Gasteiger partial charge in [0.2, 0.25) is 0 Å². The highest BCUT2D eigenvalue weighted by Gasteiger charge is 2.05. The number of guanidine groups is 1. The first-order valence-corrected chi connectivity index (χ1v) is 8.63. The van der Waals surface area contributed by atoms with E-state index in [1.54, 1.807) is 17.4 Å². The molecular formula is C17H23IN6S. The summed E-state index contributed by atoms with van der Waals surface area (Å²) < 4.78 is 0. The lowest BCUT2D eigenvalue weighted by atomic mass is 10.1. The van der Waals surface area contributed by atoms with Gasteiger partial charge in [-0.2, -0.15) is 5.26 Å². The summed E-state index contributed by atoms with van der Waals surface area (Å²) in [7, 11) is 3.97. The van der Waals surface area contributed by atoms with Gasteiger partial charge in [-0.1, -0.05) is 12.1 Å². The molecule has 134 valence electrons. The number of thiazole rings is 1. The van der Waals surface area contributed by atoms with E-state index in [9.17, 15) is 0 Å². The highest BCUT2D eigenvalue weighted by molar-refractivity contribution is 14.0. The Labute approximate surface area is 170 Å². The average molecular weight is 470 g/mol. The molecule has 0 amide bonds. The molecule has 0 aliphatic carbocycles. The molecule has 2 N–H and O–H groups in total. The normalized spacial score (nSPS) is 10.6. The standard InChI is InChI=1S/C17H22N6S.HI/c1-4-19-16(20-10-14-7-5-6-13(8-14)9-18)21-11-15-12-24-17(22-15)23(2)3;/h5-8,12H,4,10-11H2,1-3H3,(H2,19,20,21);1H. The van der Waals surface area contributed by atoms with Crippen LogP contribution in [0.4, 0.5) is 5.13 Å². The van der Waals surface area contributed by atoms with Gasteiger partial charge in [0.25, 0.3) is 0 Å². The van der Waals surface area contributed by atoms with Gasteiger partial charge < -0.3 is 15.5 Å². The zero-order valence-corrected chi connectivity index (χ0v) is 17.8. The third-order valence-electron chi connectivity index (χ3n) is 3.18. The van der Waals surface area contributed by atoms with E-state index in [2.05, 4.69) is 26.7 Å². The SMILES string of the molecule is CCNC(=NCc1cccc(C#N)c1)NCc1csc(N(C)C)n1.I. The van der Waals surface area contributed by atoms with Gasteiger partial charge in [-0.25, -0.2) is 9.98 Å². The zero-order chi connectivity index (χ0) is 17.4. The van der Waals surface area contributed by atoms with Crippen LogP contribution in [0.1, 0.15) is 23.7 Å². The topological polar surface area (TPSA) is 76.3 Å². The molecule has 8 heteroatoms. The van der Waals surface area contributed by atoms with E-state index < -0.39 is 0 Å². The second-order valence-electron chi connectivity index (χ2n) is 5.38. The minimum atomic E-state index is 0. The summed E-state index contributed by atoms with van der Waals surface area (Å²) in [5.74, 6) is 0.735. The largest absolute Gasteiger partial charge is 0.357 e. The van der Waals surface area contributed by atoms with Crippen LogP contribution in [-0.4, -0.2) is 31.6 Å². The molecule has 0 fully saturated rings. The molecule has 0 radical (unpaired) electrons. The molecule has 2 aromatic rings. The maximum atomic E-state index is 8.96. The molecular weight excluding hydrogens is 447 g/mol. The summed E-state index contributed by atoms with van der Waals surface area (Å²) >= 11 is 1.62. The molecule has 0 aliphatic heterocycles. The first-order chi connectivity index (χ1) is 11.6. The molecule has 0 aliphatic rings. The van der Waals surface area contributed by atoms with Crippen molar-refractivity contribution in [2.24, 2.45) is 4.99 Å². The van der Waals surface area contributed by atoms with Crippen LogP contribution in [0.5, 0.6) is 0 Å². The van der Waals surface area contributed by atoms with Crippen LogP contribution in [0, 0.1) is 11.3 Å². The summed E-state index contributed by atoms with van der Waals surface area (Å²) in [4.78, 5) is 11.1. The number of benzene rings is 1. The van der Waals surface area contributed by atoms with Crippen molar-refractivity contribution < 1.29 is 0 Å². The molecule has 0 saturated carbocycles. The number of nitrogens with zero attached hydrogens (tertiary/aromatic N) is 4. The van der Waals surface area contributed by atoms with Crippen LogP contribution in [-0.2, 0) is 13.1 Å². The third-order valence-corrected chi connectivity index (χ3v) is 4.24. The first kappa shape index (κ1) is 21.2. The number of rotatable bonds is 6. The molecule has 0 spiro atoms. The van der Waals surface area contributed by atoms with Crippen molar-refractivity contribution in [1.29, 1.82) is 5.26 Å². The van der Waals surface area contributed by atoms with Crippen LogP contribution >= 0.6 is 35.3 Å². The summed E-state index contributed by atoms with van der Waals surface area (Å²) in [5, 5.41) is 18.5. The highest BCUT2D eigenvalue weighted by Crippen LogP contribution is 2.17. The van der Waals surface area contributed by atoms with Crippen LogP contribution in [0.3, 0.4) is 0 Å². The monoisotopic (exact) mass is 470 g/mol. The number of hydrogen-bond donors (Lipinski definition) is 2. The van der Waals surface area contributed by atoms with Gasteiger partial charge in [-0.3, -0.25) is 0 Å². The number of anilines is 1. The van der Waals surface area contributed by atoms with Crippen LogP contribution < -0.4 is 15.5 Å². The van der Waals surface area contributed by atoms with Crippen molar-refractivity contribution in [1.82, 2.24) is 15.6 Å². The molecule has 0 saturated heterocycles. The van der Waals surface area contributed by atoms with E-state index in [1.165, 1.54) is 0 Å². The second-order valence-corrected chi connectivity index (χ2v) is 6.21. The van der Waals surface area contributed by atoms with Gasteiger partial charge in [0, 0.05) is 26.0 Å². The van der Waals surface area contributed by atoms with Gasteiger partial charge in [0.1, 0.15) is 0 Å². The molecule has 0 unspecified atom stereocenters. The molecule has 2 rings (SSSR count). The van der Waals surface area contributed by atoms with E-state index in [0.717, 1.165) is 28.9 Å². The predicted octanol–water partition coefficient (Wildman–Crippen LogP) is 2.95. The highest BCUT2D eigenvalue weighted by atomic mass is 127. The van der Waals surface area contributed by atoms with E-state index in [4.69, 9.17) is 5.26 Å². The fraction of sp³-hybridized carbons (Fsp3) is 0.353. The quantitative estimate of drug-likeness (QED) is 0.386. The van der Waals surface area contributed by atoms with E-state index in [-0.39, 0.29) is 24.0 Å². The Bertz CT molecular complexity index is 735. The maximum absolute atomic E-state index is 8.96.